The van der Waals surface area contributed by atoms with E-state index in [2.05, 4.69) is 47.6 Å². The van der Waals surface area contributed by atoms with Crippen molar-refractivity contribution in [2.24, 2.45) is 0 Å². The second-order valence-corrected chi connectivity index (χ2v) is 9.34. The first-order valence-corrected chi connectivity index (χ1v) is 12.3. The van der Waals surface area contributed by atoms with E-state index in [-0.39, 0.29) is 12.6 Å². The summed E-state index contributed by atoms with van der Waals surface area (Å²) in [6.45, 7) is 10.2. The molecule has 0 aliphatic carbocycles. The molecule has 2 heterocycles. The fourth-order valence-electron chi connectivity index (χ4n) is 4.92. The average molecular weight is 465 g/mol. The predicted molar refractivity (Wildman–Crippen MR) is 135 cm³/mol. The minimum atomic E-state index is -0.570. The maximum absolute atomic E-state index is 12.9. The zero-order valence-electron chi connectivity index (χ0n) is 20.7. The molecule has 34 heavy (non-hydrogen) atoms. The van der Waals surface area contributed by atoms with Crippen molar-refractivity contribution in [2.75, 3.05) is 26.3 Å². The molecule has 0 unspecified atom stereocenters. The van der Waals surface area contributed by atoms with Gasteiger partial charge in [0.2, 0.25) is 0 Å². The van der Waals surface area contributed by atoms with E-state index in [1.54, 1.807) is 0 Å². The summed E-state index contributed by atoms with van der Waals surface area (Å²) in [5.41, 5.74) is 4.46. The van der Waals surface area contributed by atoms with E-state index in [1.807, 2.05) is 32.0 Å². The third-order valence-corrected chi connectivity index (χ3v) is 6.78. The summed E-state index contributed by atoms with van der Waals surface area (Å²) in [5, 5.41) is 11.4. The number of nitrogens with zero attached hydrogens (tertiary/aromatic N) is 2. The van der Waals surface area contributed by atoms with Gasteiger partial charge >= 0.3 is 5.97 Å². The molecular weight excluding hydrogens is 428 g/mol. The van der Waals surface area contributed by atoms with Crippen molar-refractivity contribution in [3.8, 4) is 11.4 Å². The van der Waals surface area contributed by atoms with Gasteiger partial charge in [0.15, 0.2) is 0 Å². The van der Waals surface area contributed by atoms with Crippen LogP contribution in [0.25, 0.3) is 16.6 Å². The smallest absolute Gasteiger partial charge is 0.340 e. The Kier molecular flexibility index (Phi) is 7.59. The number of carbonyl (C=O) groups excluding carboxylic acids is 1. The summed E-state index contributed by atoms with van der Waals surface area (Å²) >= 11 is 0. The maximum atomic E-state index is 12.9. The van der Waals surface area contributed by atoms with Crippen molar-refractivity contribution in [2.45, 2.75) is 59.1 Å². The molecular formula is C28H36N2O4. The van der Waals surface area contributed by atoms with Crippen LogP contribution in [0.4, 0.5) is 0 Å². The van der Waals surface area contributed by atoms with Crippen LogP contribution in [-0.2, 0) is 4.74 Å². The van der Waals surface area contributed by atoms with E-state index >= 15 is 0 Å². The molecule has 1 saturated heterocycles. The molecule has 1 aromatic heterocycles. The van der Waals surface area contributed by atoms with E-state index in [0.717, 1.165) is 28.8 Å². The first kappa shape index (κ1) is 24.3. The lowest BCUT2D eigenvalue weighted by Gasteiger charge is -2.34. The molecule has 0 radical (unpaired) electrons. The van der Waals surface area contributed by atoms with E-state index < -0.39 is 6.10 Å². The van der Waals surface area contributed by atoms with Crippen LogP contribution < -0.4 is 4.74 Å². The van der Waals surface area contributed by atoms with E-state index in [1.165, 1.54) is 24.8 Å². The molecule has 6 nitrogen and oxygen atoms in total. The number of fused-ring (bicyclic) bond motifs is 1. The number of piperidine rings is 1. The third kappa shape index (κ3) is 5.13. The second-order valence-electron chi connectivity index (χ2n) is 9.34. The molecule has 2 aromatic carbocycles. The minimum Gasteiger partial charge on any atom is -0.491 e. The Morgan fingerprint density at radius 1 is 1.15 bits per heavy atom. The number of aliphatic hydroxyl groups excluding tert-OH is 1. The van der Waals surface area contributed by atoms with Gasteiger partial charge in [-0.1, -0.05) is 24.1 Å². The SMILES string of the molecule is CCOC(=O)c1c(C)n(-c2ccc(C)cc2)c2ccc(OC[C@@H](O)CN3CCCC[C@@H]3C)cc12. The fourth-order valence-corrected chi connectivity index (χ4v) is 4.92. The number of hydrogen-bond acceptors (Lipinski definition) is 5. The number of carbonyl (C=O) groups is 1. The Balaban J connectivity index is 1.60. The normalized spacial score (nSPS) is 17.6. The van der Waals surface area contributed by atoms with Crippen LogP contribution in [-0.4, -0.2) is 59.0 Å². The Hall–Kier alpha value is -2.83. The van der Waals surface area contributed by atoms with Crippen LogP contribution in [0.3, 0.4) is 0 Å². The van der Waals surface area contributed by atoms with Crippen molar-refractivity contribution in [1.29, 1.82) is 0 Å². The number of aromatic nitrogens is 1. The standard InChI is InChI=1S/C28H36N2O4/c1-5-33-28(32)27-21(4)30(22-11-9-19(2)10-12-22)26-14-13-24(16-25(26)27)34-18-23(31)17-29-15-7-6-8-20(29)3/h9-14,16,20,23,31H,5-8,15,17-18H2,1-4H3/t20-,23-/m0/s1. The lowest BCUT2D eigenvalue weighted by atomic mass is 10.0. The highest BCUT2D eigenvalue weighted by Crippen LogP contribution is 2.33. The Morgan fingerprint density at radius 3 is 2.62 bits per heavy atom. The molecule has 4 rings (SSSR count). The van der Waals surface area contributed by atoms with Gasteiger partial charge in [0.25, 0.3) is 0 Å². The van der Waals surface area contributed by atoms with Crippen molar-refractivity contribution in [1.82, 2.24) is 9.47 Å². The number of aliphatic hydroxyl groups is 1. The van der Waals surface area contributed by atoms with Crippen molar-refractivity contribution < 1.29 is 19.4 Å². The number of hydrogen-bond donors (Lipinski definition) is 1. The number of β-amino-alcohol motifs (C(OH)–C–C–N with tert-alkyl or cyclic N) is 1. The van der Waals surface area contributed by atoms with Crippen molar-refractivity contribution in [3.63, 3.8) is 0 Å². The van der Waals surface area contributed by atoms with Crippen LogP contribution in [0.2, 0.25) is 0 Å². The molecule has 0 saturated carbocycles. The summed E-state index contributed by atoms with van der Waals surface area (Å²) in [7, 11) is 0. The fraction of sp³-hybridized carbons (Fsp3) is 0.464. The van der Waals surface area contributed by atoms with Crippen molar-refractivity contribution in [3.05, 3.63) is 59.3 Å². The monoisotopic (exact) mass is 464 g/mol. The molecule has 1 N–H and O–H groups in total. The second kappa shape index (κ2) is 10.6. The minimum absolute atomic E-state index is 0.209. The molecule has 0 spiro atoms. The van der Waals surface area contributed by atoms with Gasteiger partial charge in [0.1, 0.15) is 18.5 Å². The summed E-state index contributed by atoms with van der Waals surface area (Å²) in [5.74, 6) is 0.289. The molecule has 3 aromatic rings. The van der Waals surface area contributed by atoms with Gasteiger partial charge in [-0.2, -0.15) is 0 Å². The van der Waals surface area contributed by atoms with Gasteiger partial charge in [-0.3, -0.25) is 4.90 Å². The summed E-state index contributed by atoms with van der Waals surface area (Å²) in [6, 6.07) is 14.5. The van der Waals surface area contributed by atoms with Gasteiger partial charge in [-0.15, -0.1) is 0 Å². The molecule has 182 valence electrons. The molecule has 6 heteroatoms. The highest BCUT2D eigenvalue weighted by atomic mass is 16.5. The zero-order chi connectivity index (χ0) is 24.2. The number of rotatable bonds is 8. The van der Waals surface area contributed by atoms with Crippen LogP contribution in [0, 0.1) is 13.8 Å². The first-order valence-electron chi connectivity index (χ1n) is 12.3. The largest absolute Gasteiger partial charge is 0.491 e. The summed E-state index contributed by atoms with van der Waals surface area (Å²) in [4.78, 5) is 15.2. The van der Waals surface area contributed by atoms with E-state index in [0.29, 0.717) is 30.5 Å². The number of benzene rings is 2. The summed E-state index contributed by atoms with van der Waals surface area (Å²) in [6.07, 6.45) is 3.05. The number of ether oxygens (including phenoxy) is 2. The van der Waals surface area contributed by atoms with Crippen molar-refractivity contribution >= 4 is 16.9 Å². The number of likely N-dealkylation sites (tertiary alicyclic amines) is 1. The Labute approximate surface area is 202 Å². The molecule has 1 fully saturated rings. The van der Waals surface area contributed by atoms with Crippen LogP contribution in [0.5, 0.6) is 5.75 Å². The van der Waals surface area contributed by atoms with Gasteiger partial charge in [0, 0.05) is 29.4 Å². The van der Waals surface area contributed by atoms with Crippen LogP contribution in [0.1, 0.15) is 54.7 Å². The third-order valence-electron chi connectivity index (χ3n) is 6.78. The number of esters is 1. The first-order chi connectivity index (χ1) is 16.4. The lowest BCUT2D eigenvalue weighted by Crippen LogP contribution is -2.43. The van der Waals surface area contributed by atoms with E-state index in [4.69, 9.17) is 9.47 Å². The topological polar surface area (TPSA) is 63.9 Å². The highest BCUT2D eigenvalue weighted by molar-refractivity contribution is 6.07. The quantitative estimate of drug-likeness (QED) is 0.473. The van der Waals surface area contributed by atoms with Gasteiger partial charge in [-0.25, -0.2) is 4.79 Å². The molecule has 1 aliphatic heterocycles. The molecule has 0 amide bonds. The zero-order valence-corrected chi connectivity index (χ0v) is 20.7. The predicted octanol–water partition coefficient (Wildman–Crippen LogP) is 5.04. The van der Waals surface area contributed by atoms with Gasteiger partial charge in [-0.05, 0) is 77.4 Å². The van der Waals surface area contributed by atoms with Crippen LogP contribution >= 0.6 is 0 Å². The Bertz CT molecular complexity index is 1140. The molecule has 2 atom stereocenters. The van der Waals surface area contributed by atoms with Gasteiger partial charge in [0.05, 0.1) is 17.7 Å². The summed E-state index contributed by atoms with van der Waals surface area (Å²) < 4.78 is 13.4. The highest BCUT2D eigenvalue weighted by Gasteiger charge is 2.23. The Morgan fingerprint density at radius 2 is 1.91 bits per heavy atom. The van der Waals surface area contributed by atoms with Crippen LogP contribution in [0.15, 0.2) is 42.5 Å². The molecule has 1 aliphatic rings. The average Bonchev–Trinajstić information content (AvgIpc) is 3.11. The van der Waals surface area contributed by atoms with Gasteiger partial charge < -0.3 is 19.1 Å². The molecule has 0 bridgehead atoms. The maximum Gasteiger partial charge on any atom is 0.340 e. The number of aryl methyl sites for hydroxylation is 1. The lowest BCUT2D eigenvalue weighted by molar-refractivity contribution is 0.0438. The van der Waals surface area contributed by atoms with E-state index in [9.17, 15) is 9.90 Å².